The summed E-state index contributed by atoms with van der Waals surface area (Å²) in [5.74, 6) is -0.454. The first kappa shape index (κ1) is 22.0. The summed E-state index contributed by atoms with van der Waals surface area (Å²) in [6, 6.07) is 8.92. The summed E-state index contributed by atoms with van der Waals surface area (Å²) in [4.78, 5) is 12.2. The molecule has 0 aliphatic heterocycles. The van der Waals surface area contributed by atoms with Crippen molar-refractivity contribution in [2.24, 2.45) is 0 Å². The van der Waals surface area contributed by atoms with Crippen LogP contribution >= 0.6 is 11.6 Å². The molecule has 0 bridgehead atoms. The summed E-state index contributed by atoms with van der Waals surface area (Å²) in [5, 5.41) is 12.8. The number of amides is 1. The van der Waals surface area contributed by atoms with Crippen LogP contribution in [0.2, 0.25) is 5.02 Å². The van der Waals surface area contributed by atoms with E-state index < -0.39 is 15.9 Å². The number of aromatic hydroxyl groups is 1. The number of rotatable bonds is 8. The second-order valence-electron chi connectivity index (χ2n) is 6.04. The third kappa shape index (κ3) is 5.15. The molecule has 0 saturated carbocycles. The fourth-order valence-electron chi connectivity index (χ4n) is 2.54. The minimum absolute atomic E-state index is 0.0165. The number of nitrogens with zero attached hydrogens (tertiary/aromatic N) is 1. The normalized spacial score (nSPS) is 11.5. The molecule has 9 heteroatoms. The molecule has 0 aliphatic rings. The van der Waals surface area contributed by atoms with Crippen molar-refractivity contribution in [3.05, 3.63) is 47.0 Å². The molecule has 0 unspecified atom stereocenters. The molecule has 28 heavy (non-hydrogen) atoms. The zero-order valence-electron chi connectivity index (χ0n) is 15.9. The van der Waals surface area contributed by atoms with Gasteiger partial charge in [-0.1, -0.05) is 31.5 Å². The third-order valence-corrected chi connectivity index (χ3v) is 6.39. The number of carbonyl (C=O) groups is 1. The monoisotopic (exact) mass is 426 g/mol. The van der Waals surface area contributed by atoms with E-state index in [0.29, 0.717) is 23.9 Å². The van der Waals surface area contributed by atoms with E-state index in [4.69, 9.17) is 16.3 Å². The van der Waals surface area contributed by atoms with Crippen LogP contribution in [0.1, 0.15) is 19.4 Å². The molecule has 0 aliphatic carbocycles. The van der Waals surface area contributed by atoms with Crippen molar-refractivity contribution in [2.75, 3.05) is 25.0 Å². The SMILES string of the molecule is CCN(CC)S(=O)(=O)c1ccc(O)c(NC(=O)COc2cc(C)ccc2Cl)c1. The number of ether oxygens (including phenoxy) is 1. The van der Waals surface area contributed by atoms with Crippen LogP contribution in [0.15, 0.2) is 41.3 Å². The lowest BCUT2D eigenvalue weighted by atomic mass is 10.2. The van der Waals surface area contributed by atoms with Gasteiger partial charge in [-0.15, -0.1) is 0 Å². The molecule has 0 aromatic heterocycles. The fraction of sp³-hybridized carbons (Fsp3) is 0.316. The van der Waals surface area contributed by atoms with Crippen molar-refractivity contribution in [1.29, 1.82) is 0 Å². The number of nitrogens with one attached hydrogen (secondary N) is 1. The van der Waals surface area contributed by atoms with E-state index in [1.807, 2.05) is 13.0 Å². The number of hydrogen-bond donors (Lipinski definition) is 2. The van der Waals surface area contributed by atoms with Gasteiger partial charge < -0.3 is 15.2 Å². The first-order valence-electron chi connectivity index (χ1n) is 8.71. The number of sulfonamides is 1. The molecule has 0 radical (unpaired) electrons. The Morgan fingerprint density at radius 2 is 1.86 bits per heavy atom. The van der Waals surface area contributed by atoms with Gasteiger partial charge in [0.05, 0.1) is 15.6 Å². The average Bonchev–Trinajstić information content (AvgIpc) is 2.65. The minimum atomic E-state index is -3.72. The summed E-state index contributed by atoms with van der Waals surface area (Å²) in [6.07, 6.45) is 0. The van der Waals surface area contributed by atoms with Crippen LogP contribution in [0.3, 0.4) is 0 Å². The van der Waals surface area contributed by atoms with E-state index in [9.17, 15) is 18.3 Å². The van der Waals surface area contributed by atoms with Gasteiger partial charge in [-0.3, -0.25) is 4.79 Å². The van der Waals surface area contributed by atoms with Crippen LogP contribution < -0.4 is 10.1 Å². The van der Waals surface area contributed by atoms with Crippen LogP contribution in [0.5, 0.6) is 11.5 Å². The maximum atomic E-state index is 12.6. The first-order chi connectivity index (χ1) is 13.2. The summed E-state index contributed by atoms with van der Waals surface area (Å²) < 4.78 is 31.9. The predicted octanol–water partition coefficient (Wildman–Crippen LogP) is 3.40. The Bertz CT molecular complexity index is 959. The number of benzene rings is 2. The summed E-state index contributed by atoms with van der Waals surface area (Å²) in [7, 11) is -3.72. The molecular weight excluding hydrogens is 404 g/mol. The van der Waals surface area contributed by atoms with Crippen LogP contribution in [0.4, 0.5) is 5.69 Å². The maximum absolute atomic E-state index is 12.6. The highest BCUT2D eigenvalue weighted by Crippen LogP contribution is 2.28. The predicted molar refractivity (Wildman–Crippen MR) is 109 cm³/mol. The molecule has 2 aromatic carbocycles. The first-order valence-corrected chi connectivity index (χ1v) is 10.5. The number of anilines is 1. The van der Waals surface area contributed by atoms with Crippen LogP contribution in [0, 0.1) is 6.92 Å². The van der Waals surface area contributed by atoms with Crippen molar-refractivity contribution in [2.45, 2.75) is 25.7 Å². The molecule has 2 rings (SSSR count). The Morgan fingerprint density at radius 3 is 2.50 bits per heavy atom. The zero-order valence-corrected chi connectivity index (χ0v) is 17.5. The van der Waals surface area contributed by atoms with Gasteiger partial charge in [-0.25, -0.2) is 8.42 Å². The summed E-state index contributed by atoms with van der Waals surface area (Å²) in [5.41, 5.74) is 0.906. The summed E-state index contributed by atoms with van der Waals surface area (Å²) >= 11 is 6.03. The number of aryl methyl sites for hydroxylation is 1. The van der Waals surface area contributed by atoms with E-state index in [1.165, 1.54) is 22.5 Å². The van der Waals surface area contributed by atoms with Crippen molar-refractivity contribution in [3.63, 3.8) is 0 Å². The summed E-state index contributed by atoms with van der Waals surface area (Å²) in [6.45, 7) is 5.60. The molecular formula is C19H23ClN2O5S. The fourth-order valence-corrected chi connectivity index (χ4v) is 4.20. The molecule has 0 saturated heterocycles. The Kier molecular flexibility index (Phi) is 7.29. The highest BCUT2D eigenvalue weighted by Gasteiger charge is 2.23. The van der Waals surface area contributed by atoms with Crippen LogP contribution in [-0.2, 0) is 14.8 Å². The standard InChI is InChI=1S/C19H23ClN2O5S/c1-4-22(5-2)28(25,26)14-7-9-17(23)16(11-14)21-19(24)12-27-18-10-13(3)6-8-15(18)20/h6-11,23H,4-5,12H2,1-3H3,(H,21,24). The van der Waals surface area contributed by atoms with Crippen LogP contribution in [-0.4, -0.2) is 43.4 Å². The number of halogens is 1. The lowest BCUT2D eigenvalue weighted by Gasteiger charge is -2.19. The smallest absolute Gasteiger partial charge is 0.262 e. The second kappa shape index (κ2) is 9.27. The Morgan fingerprint density at radius 1 is 1.18 bits per heavy atom. The molecule has 7 nitrogen and oxygen atoms in total. The molecule has 1 amide bonds. The van der Waals surface area contributed by atoms with Gasteiger partial charge in [0.1, 0.15) is 11.5 Å². The molecule has 0 fully saturated rings. The number of carbonyl (C=O) groups excluding carboxylic acids is 1. The molecule has 2 N–H and O–H groups in total. The van der Waals surface area contributed by atoms with Gasteiger partial charge in [-0.2, -0.15) is 4.31 Å². The van der Waals surface area contributed by atoms with E-state index in [-0.39, 0.29) is 22.9 Å². The molecule has 0 atom stereocenters. The maximum Gasteiger partial charge on any atom is 0.262 e. The highest BCUT2D eigenvalue weighted by atomic mass is 35.5. The third-order valence-electron chi connectivity index (χ3n) is 4.03. The largest absolute Gasteiger partial charge is 0.506 e. The van der Waals surface area contributed by atoms with Gasteiger partial charge in [0, 0.05) is 13.1 Å². The number of phenolic OH excluding ortho intramolecular Hbond substituents is 1. The highest BCUT2D eigenvalue weighted by molar-refractivity contribution is 7.89. The van der Waals surface area contributed by atoms with E-state index >= 15 is 0 Å². The van der Waals surface area contributed by atoms with Gasteiger partial charge >= 0.3 is 0 Å². The van der Waals surface area contributed by atoms with E-state index in [0.717, 1.165) is 5.56 Å². The second-order valence-corrected chi connectivity index (χ2v) is 8.38. The lowest BCUT2D eigenvalue weighted by molar-refractivity contribution is -0.118. The van der Waals surface area contributed by atoms with E-state index in [2.05, 4.69) is 5.32 Å². The Balaban J connectivity index is 2.15. The number of phenols is 1. The Labute approximate surface area is 169 Å². The molecule has 152 valence electrons. The average molecular weight is 427 g/mol. The topological polar surface area (TPSA) is 95.9 Å². The van der Waals surface area contributed by atoms with Crippen molar-refractivity contribution >= 4 is 33.2 Å². The van der Waals surface area contributed by atoms with Crippen molar-refractivity contribution in [3.8, 4) is 11.5 Å². The lowest BCUT2D eigenvalue weighted by Crippen LogP contribution is -2.30. The van der Waals surface area contributed by atoms with Crippen molar-refractivity contribution in [1.82, 2.24) is 4.31 Å². The minimum Gasteiger partial charge on any atom is -0.506 e. The van der Waals surface area contributed by atoms with Gasteiger partial charge in [0.2, 0.25) is 10.0 Å². The van der Waals surface area contributed by atoms with Gasteiger partial charge in [0.25, 0.3) is 5.91 Å². The van der Waals surface area contributed by atoms with Gasteiger partial charge in [-0.05, 0) is 42.8 Å². The van der Waals surface area contributed by atoms with E-state index in [1.54, 1.807) is 26.0 Å². The molecule has 2 aromatic rings. The Hall–Kier alpha value is -2.29. The quantitative estimate of drug-likeness (QED) is 0.630. The molecule has 0 heterocycles. The van der Waals surface area contributed by atoms with Gasteiger partial charge in [0.15, 0.2) is 6.61 Å². The molecule has 0 spiro atoms. The van der Waals surface area contributed by atoms with Crippen LogP contribution in [0.25, 0.3) is 0 Å². The zero-order chi connectivity index (χ0) is 20.9. The van der Waals surface area contributed by atoms with Crippen molar-refractivity contribution < 1.29 is 23.1 Å². The number of hydrogen-bond acceptors (Lipinski definition) is 5.